The number of hydrogen-bond donors (Lipinski definition) is 0. The number of nitrogens with zero attached hydrogens (tertiary/aromatic N) is 2. The maximum absolute atomic E-state index is 13.1. The predicted molar refractivity (Wildman–Crippen MR) is 123 cm³/mol. The number of esters is 1. The van der Waals surface area contributed by atoms with Crippen LogP contribution in [0.3, 0.4) is 0 Å². The first-order valence-electron chi connectivity index (χ1n) is 9.33. The number of carbonyl (C=O) groups excluding carboxylic acids is 1. The van der Waals surface area contributed by atoms with Crippen molar-refractivity contribution in [2.45, 2.75) is 13.8 Å². The number of fused-ring (bicyclic) bond motifs is 3. The quantitative estimate of drug-likeness (QED) is 0.389. The van der Waals surface area contributed by atoms with E-state index in [1.54, 1.807) is 22.6 Å². The molecule has 0 aliphatic heterocycles. The minimum absolute atomic E-state index is 0.123. The maximum Gasteiger partial charge on any atom is 0.343 e. The van der Waals surface area contributed by atoms with Crippen molar-refractivity contribution in [2.75, 3.05) is 20.8 Å². The summed E-state index contributed by atoms with van der Waals surface area (Å²) in [6, 6.07) is 7.43. The van der Waals surface area contributed by atoms with Crippen LogP contribution in [0.5, 0.6) is 11.5 Å². The van der Waals surface area contributed by atoms with Gasteiger partial charge in [0.1, 0.15) is 0 Å². The van der Waals surface area contributed by atoms with Crippen LogP contribution in [0.2, 0.25) is 0 Å². The number of carbonyl (C=O) groups is 1. The molecule has 0 unspecified atom stereocenters. The van der Waals surface area contributed by atoms with Crippen molar-refractivity contribution in [3.05, 3.63) is 60.3 Å². The van der Waals surface area contributed by atoms with E-state index in [9.17, 15) is 9.59 Å². The lowest BCUT2D eigenvalue weighted by Gasteiger charge is -2.11. The van der Waals surface area contributed by atoms with E-state index in [-0.39, 0.29) is 12.2 Å². The van der Waals surface area contributed by atoms with Gasteiger partial charge in [-0.05, 0) is 60.9 Å². The molecule has 0 aliphatic rings. The molecule has 0 amide bonds. The van der Waals surface area contributed by atoms with Crippen LogP contribution in [0.1, 0.15) is 16.7 Å². The Morgan fingerprint density at radius 3 is 2.61 bits per heavy atom. The van der Waals surface area contributed by atoms with E-state index in [1.807, 2.05) is 26.0 Å². The first kappa shape index (κ1) is 21.3. The molecule has 0 aliphatic carbocycles. The average molecular weight is 503 g/mol. The van der Waals surface area contributed by atoms with Crippen LogP contribution >= 0.6 is 27.3 Å². The summed E-state index contributed by atoms with van der Waals surface area (Å²) in [5, 5.41) is 0. The number of ether oxygens (including phenoxy) is 3. The predicted octanol–water partition coefficient (Wildman–Crippen LogP) is 3.40. The highest BCUT2D eigenvalue weighted by Crippen LogP contribution is 2.34. The molecule has 31 heavy (non-hydrogen) atoms. The van der Waals surface area contributed by atoms with Gasteiger partial charge in [0.15, 0.2) is 23.1 Å². The van der Waals surface area contributed by atoms with Gasteiger partial charge in [0.25, 0.3) is 5.56 Å². The maximum atomic E-state index is 13.1. The zero-order chi connectivity index (χ0) is 22.3. The number of rotatable bonds is 5. The summed E-state index contributed by atoms with van der Waals surface area (Å²) >= 11 is 4.84. The fourth-order valence-corrected chi connectivity index (χ4v) is 4.60. The Balaban J connectivity index is 1.81. The molecule has 2 heterocycles. The zero-order valence-electron chi connectivity index (χ0n) is 17.3. The number of halogens is 1. The Bertz CT molecular complexity index is 1440. The number of aromatic nitrogens is 2. The van der Waals surface area contributed by atoms with E-state index in [1.165, 1.54) is 25.6 Å². The number of aryl methyl sites for hydroxylation is 2. The van der Waals surface area contributed by atoms with E-state index < -0.39 is 5.97 Å². The number of imidazole rings is 1. The molecule has 0 radical (unpaired) electrons. The molecule has 2 aromatic carbocycles. The second-order valence-corrected chi connectivity index (χ2v) is 8.82. The molecule has 0 saturated heterocycles. The molecular formula is C22H19BrN2O5S. The number of thiazole rings is 1. The molecule has 0 saturated carbocycles. The van der Waals surface area contributed by atoms with E-state index in [0.29, 0.717) is 25.5 Å². The summed E-state index contributed by atoms with van der Waals surface area (Å²) < 4.78 is 18.4. The van der Waals surface area contributed by atoms with Crippen LogP contribution in [-0.2, 0) is 9.53 Å². The third-order valence-electron chi connectivity index (χ3n) is 5.00. The third kappa shape index (κ3) is 3.90. The van der Waals surface area contributed by atoms with E-state index in [4.69, 9.17) is 9.47 Å². The van der Waals surface area contributed by atoms with Gasteiger partial charge in [-0.3, -0.25) is 4.79 Å². The monoisotopic (exact) mass is 502 g/mol. The summed E-state index contributed by atoms with van der Waals surface area (Å²) in [5.41, 5.74) is 4.49. The lowest BCUT2D eigenvalue weighted by atomic mass is 10.1. The van der Waals surface area contributed by atoms with Crippen molar-refractivity contribution < 1.29 is 19.0 Å². The Labute approximate surface area is 190 Å². The molecule has 2 aromatic heterocycles. The van der Waals surface area contributed by atoms with Gasteiger partial charge in [0.2, 0.25) is 0 Å². The van der Waals surface area contributed by atoms with Crippen molar-refractivity contribution in [3.63, 3.8) is 0 Å². The van der Waals surface area contributed by atoms with Crippen molar-refractivity contribution >= 4 is 55.3 Å². The van der Waals surface area contributed by atoms with Gasteiger partial charge in [-0.15, -0.1) is 0 Å². The van der Waals surface area contributed by atoms with Gasteiger partial charge in [0.05, 0.1) is 29.8 Å². The zero-order valence-corrected chi connectivity index (χ0v) is 19.7. The molecule has 0 N–H and O–H groups in total. The van der Waals surface area contributed by atoms with Gasteiger partial charge >= 0.3 is 5.97 Å². The van der Waals surface area contributed by atoms with E-state index in [2.05, 4.69) is 25.7 Å². The number of benzene rings is 2. The Morgan fingerprint density at radius 2 is 1.90 bits per heavy atom. The second kappa shape index (κ2) is 8.32. The lowest BCUT2D eigenvalue weighted by Crippen LogP contribution is -2.22. The molecule has 9 heteroatoms. The third-order valence-corrected chi connectivity index (χ3v) is 6.65. The van der Waals surface area contributed by atoms with Crippen LogP contribution in [0.4, 0.5) is 0 Å². The van der Waals surface area contributed by atoms with Gasteiger partial charge in [-0.2, -0.15) is 0 Å². The molecule has 4 aromatic rings. The minimum Gasteiger partial charge on any atom is -0.493 e. The van der Waals surface area contributed by atoms with Crippen LogP contribution in [0, 0.1) is 13.8 Å². The molecule has 4 rings (SSSR count). The fraction of sp³-hybridized carbons (Fsp3) is 0.227. The summed E-state index contributed by atoms with van der Waals surface area (Å²) in [4.78, 5) is 29.8. The fourth-order valence-electron chi connectivity index (χ4n) is 3.19. The van der Waals surface area contributed by atoms with Gasteiger partial charge in [-0.1, -0.05) is 27.3 Å². The first-order chi connectivity index (χ1) is 14.8. The average Bonchev–Trinajstić information content (AvgIpc) is 3.23. The van der Waals surface area contributed by atoms with E-state index >= 15 is 0 Å². The summed E-state index contributed by atoms with van der Waals surface area (Å²) in [6.07, 6.45) is 1.78. The minimum atomic E-state index is -0.496. The number of methoxy groups -OCH3 is 2. The smallest absolute Gasteiger partial charge is 0.343 e. The molecular weight excluding hydrogens is 484 g/mol. The largest absolute Gasteiger partial charge is 0.493 e. The molecule has 0 bridgehead atoms. The SMILES string of the molecule is COC(=O)COc1cc(Br)c(/C=c2\sc3nc4cc(C)c(C)cc4n3c2=O)cc1OC. The highest BCUT2D eigenvalue weighted by Gasteiger charge is 2.15. The number of hydrogen-bond acceptors (Lipinski definition) is 7. The Morgan fingerprint density at radius 1 is 1.16 bits per heavy atom. The van der Waals surface area contributed by atoms with Crippen LogP contribution < -0.4 is 19.6 Å². The van der Waals surface area contributed by atoms with Crippen LogP contribution in [0.25, 0.3) is 22.1 Å². The standard InChI is InChI=1S/C22H19BrN2O5S/c1-11-5-15-16(6-12(11)2)25-21(27)19(31-22(25)24-15)8-13-7-17(28-3)18(9-14(13)23)30-10-20(26)29-4/h5-9H,10H2,1-4H3/b19-8-. The topological polar surface area (TPSA) is 79.1 Å². The normalized spacial score (nSPS) is 12.0. The van der Waals surface area contributed by atoms with Crippen molar-refractivity contribution in [1.82, 2.24) is 9.38 Å². The first-order valence-corrected chi connectivity index (χ1v) is 10.9. The van der Waals surface area contributed by atoms with Gasteiger partial charge in [-0.25, -0.2) is 14.2 Å². The van der Waals surface area contributed by atoms with Crippen molar-refractivity contribution in [3.8, 4) is 11.5 Å². The van der Waals surface area contributed by atoms with Gasteiger partial charge in [0, 0.05) is 4.47 Å². The highest BCUT2D eigenvalue weighted by molar-refractivity contribution is 9.10. The van der Waals surface area contributed by atoms with Crippen molar-refractivity contribution in [2.24, 2.45) is 0 Å². The Kier molecular flexibility index (Phi) is 5.72. The molecule has 7 nitrogen and oxygen atoms in total. The molecule has 0 fully saturated rings. The molecule has 160 valence electrons. The summed E-state index contributed by atoms with van der Waals surface area (Å²) in [5.74, 6) is 0.324. The summed E-state index contributed by atoms with van der Waals surface area (Å²) in [7, 11) is 2.80. The van der Waals surface area contributed by atoms with E-state index in [0.717, 1.165) is 27.7 Å². The van der Waals surface area contributed by atoms with Gasteiger partial charge < -0.3 is 14.2 Å². The highest BCUT2D eigenvalue weighted by atomic mass is 79.9. The summed E-state index contributed by atoms with van der Waals surface area (Å²) in [6.45, 7) is 3.81. The second-order valence-electron chi connectivity index (χ2n) is 6.96. The molecule has 0 atom stereocenters. The lowest BCUT2D eigenvalue weighted by molar-refractivity contribution is -0.142. The Hall–Kier alpha value is -2.91. The van der Waals surface area contributed by atoms with Crippen LogP contribution in [-0.4, -0.2) is 36.2 Å². The van der Waals surface area contributed by atoms with Crippen molar-refractivity contribution in [1.29, 1.82) is 0 Å². The molecule has 0 spiro atoms. The van der Waals surface area contributed by atoms with Crippen LogP contribution in [0.15, 0.2) is 33.5 Å².